The van der Waals surface area contributed by atoms with E-state index < -0.39 is 24.4 Å². The number of likely N-dealkylation sites (tertiary alicyclic amines) is 1. The second-order valence-electron chi connectivity index (χ2n) is 6.96. The summed E-state index contributed by atoms with van der Waals surface area (Å²) in [6, 6.07) is 11.0. The molecule has 1 aliphatic heterocycles. The lowest BCUT2D eigenvalue weighted by Gasteiger charge is -2.20. The molecule has 1 aromatic heterocycles. The first-order chi connectivity index (χ1) is 13.9. The zero-order valence-electron chi connectivity index (χ0n) is 16.2. The molecular weight excluding hydrogens is 374 g/mol. The summed E-state index contributed by atoms with van der Waals surface area (Å²) in [7, 11) is 0. The largest absolute Gasteiger partial charge is 0.455 e. The molecule has 2 heterocycles. The van der Waals surface area contributed by atoms with Crippen LogP contribution in [0.3, 0.4) is 0 Å². The average Bonchev–Trinajstić information content (AvgIpc) is 3.30. The number of aromatic nitrogens is 2. The molecule has 9 nitrogen and oxygen atoms in total. The van der Waals surface area contributed by atoms with Crippen LogP contribution in [0.1, 0.15) is 25.8 Å². The van der Waals surface area contributed by atoms with Gasteiger partial charge in [-0.2, -0.15) is 10.4 Å². The highest BCUT2D eigenvalue weighted by molar-refractivity contribution is 5.94. The maximum absolute atomic E-state index is 12.3. The standard InChI is InChI=1S/C20H21N5O4/c1-13(2)24-11-14(8-18(24)27)20(28)29-12-17(26)23-19-15(9-21)10-22-25(19)16-6-4-3-5-7-16/h3-7,10,13-14H,8,11-12H2,1-2H3,(H,23,26). The van der Waals surface area contributed by atoms with Crippen molar-refractivity contribution < 1.29 is 19.1 Å². The highest BCUT2D eigenvalue weighted by atomic mass is 16.5. The van der Waals surface area contributed by atoms with Crippen LogP contribution >= 0.6 is 0 Å². The van der Waals surface area contributed by atoms with Gasteiger partial charge in [-0.15, -0.1) is 0 Å². The van der Waals surface area contributed by atoms with E-state index >= 15 is 0 Å². The van der Waals surface area contributed by atoms with Crippen molar-refractivity contribution in [2.24, 2.45) is 5.92 Å². The summed E-state index contributed by atoms with van der Waals surface area (Å²) < 4.78 is 6.51. The van der Waals surface area contributed by atoms with Crippen LogP contribution in [-0.4, -0.2) is 51.7 Å². The van der Waals surface area contributed by atoms with E-state index in [2.05, 4.69) is 10.4 Å². The SMILES string of the molecule is CC(C)N1CC(C(=O)OCC(=O)Nc2c(C#N)cnn2-c2ccccc2)CC1=O. The molecule has 1 fully saturated rings. The van der Waals surface area contributed by atoms with Gasteiger partial charge in [0.15, 0.2) is 12.4 Å². The summed E-state index contributed by atoms with van der Waals surface area (Å²) in [6.45, 7) is 3.52. The Labute approximate surface area is 167 Å². The van der Waals surface area contributed by atoms with E-state index in [-0.39, 0.29) is 36.3 Å². The van der Waals surface area contributed by atoms with Crippen molar-refractivity contribution in [3.63, 3.8) is 0 Å². The average molecular weight is 395 g/mol. The first kappa shape index (κ1) is 20.1. The van der Waals surface area contributed by atoms with Crippen LogP contribution in [0.4, 0.5) is 5.82 Å². The molecule has 2 aromatic rings. The summed E-state index contributed by atoms with van der Waals surface area (Å²) >= 11 is 0. The van der Waals surface area contributed by atoms with Crippen molar-refractivity contribution in [1.82, 2.24) is 14.7 Å². The minimum atomic E-state index is -0.599. The molecule has 9 heteroatoms. The Kier molecular flexibility index (Phi) is 5.93. The van der Waals surface area contributed by atoms with Gasteiger partial charge in [0.05, 0.1) is 17.8 Å². The Balaban J connectivity index is 1.62. The van der Waals surface area contributed by atoms with E-state index in [9.17, 15) is 19.6 Å². The summed E-state index contributed by atoms with van der Waals surface area (Å²) in [4.78, 5) is 38.1. The molecule has 0 spiro atoms. The number of hydrogen-bond donors (Lipinski definition) is 1. The van der Waals surface area contributed by atoms with Crippen LogP contribution in [0, 0.1) is 17.2 Å². The van der Waals surface area contributed by atoms with E-state index in [1.165, 1.54) is 10.9 Å². The molecule has 3 rings (SSSR count). The van der Waals surface area contributed by atoms with Gasteiger partial charge in [0.25, 0.3) is 5.91 Å². The van der Waals surface area contributed by atoms with Gasteiger partial charge in [0, 0.05) is 19.0 Å². The number of nitrogens with zero attached hydrogens (tertiary/aromatic N) is 4. The fourth-order valence-electron chi connectivity index (χ4n) is 3.13. The second kappa shape index (κ2) is 8.56. The Morgan fingerprint density at radius 2 is 2.07 bits per heavy atom. The lowest BCUT2D eigenvalue weighted by Crippen LogP contribution is -2.33. The maximum atomic E-state index is 12.3. The molecule has 0 bridgehead atoms. The molecule has 1 atom stereocenters. The van der Waals surface area contributed by atoms with E-state index in [4.69, 9.17) is 4.74 Å². The summed E-state index contributed by atoms with van der Waals surface area (Å²) in [6.07, 6.45) is 1.43. The van der Waals surface area contributed by atoms with Crippen LogP contribution in [0.5, 0.6) is 0 Å². The van der Waals surface area contributed by atoms with Crippen LogP contribution in [0.15, 0.2) is 36.5 Å². The van der Waals surface area contributed by atoms with Gasteiger partial charge >= 0.3 is 5.97 Å². The third-order valence-electron chi connectivity index (χ3n) is 4.61. The molecule has 29 heavy (non-hydrogen) atoms. The number of nitriles is 1. The normalized spacial score (nSPS) is 16.0. The zero-order valence-corrected chi connectivity index (χ0v) is 16.2. The first-order valence-electron chi connectivity index (χ1n) is 9.20. The van der Waals surface area contributed by atoms with Crippen LogP contribution in [0.25, 0.3) is 5.69 Å². The van der Waals surface area contributed by atoms with Crippen molar-refractivity contribution in [1.29, 1.82) is 5.26 Å². The number of amides is 2. The number of carbonyl (C=O) groups is 3. The molecule has 150 valence electrons. The van der Waals surface area contributed by atoms with Crippen molar-refractivity contribution in [2.75, 3.05) is 18.5 Å². The van der Waals surface area contributed by atoms with Crippen LogP contribution in [0.2, 0.25) is 0 Å². The fourth-order valence-corrected chi connectivity index (χ4v) is 3.13. The summed E-state index contributed by atoms with van der Waals surface area (Å²) in [5.74, 6) is -1.67. The van der Waals surface area contributed by atoms with Gasteiger partial charge in [-0.3, -0.25) is 14.4 Å². The molecule has 0 saturated carbocycles. The minimum absolute atomic E-state index is 0.00581. The molecule has 0 radical (unpaired) electrons. The maximum Gasteiger partial charge on any atom is 0.311 e. The number of rotatable bonds is 6. The lowest BCUT2D eigenvalue weighted by molar-refractivity contribution is -0.151. The minimum Gasteiger partial charge on any atom is -0.455 e. The fraction of sp³-hybridized carbons (Fsp3) is 0.350. The van der Waals surface area contributed by atoms with Gasteiger partial charge in [0.2, 0.25) is 5.91 Å². The van der Waals surface area contributed by atoms with E-state index in [1.54, 1.807) is 29.2 Å². The number of para-hydroxylation sites is 1. The van der Waals surface area contributed by atoms with Gasteiger partial charge in [-0.05, 0) is 26.0 Å². The van der Waals surface area contributed by atoms with Gasteiger partial charge in [-0.25, -0.2) is 4.68 Å². The molecular formula is C20H21N5O4. The van der Waals surface area contributed by atoms with Gasteiger partial charge in [-0.1, -0.05) is 18.2 Å². The van der Waals surface area contributed by atoms with E-state index in [1.807, 2.05) is 26.0 Å². The molecule has 0 aliphatic carbocycles. The van der Waals surface area contributed by atoms with Crippen molar-refractivity contribution in [2.45, 2.75) is 26.3 Å². The number of benzene rings is 1. The number of nitrogens with one attached hydrogen (secondary N) is 1. The number of carbonyl (C=O) groups excluding carboxylic acids is 3. The topological polar surface area (TPSA) is 117 Å². The monoisotopic (exact) mass is 395 g/mol. The Morgan fingerprint density at radius 1 is 1.34 bits per heavy atom. The number of anilines is 1. The highest BCUT2D eigenvalue weighted by Crippen LogP contribution is 2.22. The van der Waals surface area contributed by atoms with Crippen LogP contribution < -0.4 is 5.32 Å². The van der Waals surface area contributed by atoms with Crippen LogP contribution in [-0.2, 0) is 19.1 Å². The highest BCUT2D eigenvalue weighted by Gasteiger charge is 2.36. The molecule has 1 N–H and O–H groups in total. The van der Waals surface area contributed by atoms with Crippen molar-refractivity contribution in [3.8, 4) is 11.8 Å². The predicted molar refractivity (Wildman–Crippen MR) is 103 cm³/mol. The van der Waals surface area contributed by atoms with Gasteiger partial charge < -0.3 is 15.0 Å². The molecule has 1 aliphatic rings. The number of esters is 1. The van der Waals surface area contributed by atoms with E-state index in [0.717, 1.165) is 0 Å². The smallest absolute Gasteiger partial charge is 0.311 e. The molecule has 1 unspecified atom stereocenters. The summed E-state index contributed by atoms with van der Waals surface area (Å²) in [5, 5.41) is 16.0. The Hall–Kier alpha value is -3.67. The molecule has 2 amide bonds. The Bertz CT molecular complexity index is 961. The quantitative estimate of drug-likeness (QED) is 0.741. The third kappa shape index (κ3) is 4.43. The van der Waals surface area contributed by atoms with Gasteiger partial charge in [0.1, 0.15) is 11.6 Å². The lowest BCUT2D eigenvalue weighted by atomic mass is 10.1. The molecule has 1 aromatic carbocycles. The third-order valence-corrected chi connectivity index (χ3v) is 4.61. The number of hydrogen-bond acceptors (Lipinski definition) is 6. The van der Waals surface area contributed by atoms with Crippen molar-refractivity contribution >= 4 is 23.6 Å². The molecule has 1 saturated heterocycles. The summed E-state index contributed by atoms with van der Waals surface area (Å²) in [5.41, 5.74) is 0.849. The number of ether oxygens (including phenoxy) is 1. The first-order valence-corrected chi connectivity index (χ1v) is 9.20. The second-order valence-corrected chi connectivity index (χ2v) is 6.96. The van der Waals surface area contributed by atoms with Crippen molar-refractivity contribution in [3.05, 3.63) is 42.1 Å². The predicted octanol–water partition coefficient (Wildman–Crippen LogP) is 1.48. The Morgan fingerprint density at radius 3 is 2.69 bits per heavy atom. The zero-order chi connectivity index (χ0) is 21.0. The van der Waals surface area contributed by atoms with E-state index in [0.29, 0.717) is 5.69 Å².